The molecule has 0 heterocycles. The van der Waals surface area contributed by atoms with Crippen molar-refractivity contribution in [2.75, 3.05) is 18.5 Å². The van der Waals surface area contributed by atoms with Crippen LogP contribution < -0.4 is 0 Å². The van der Waals surface area contributed by atoms with Crippen molar-refractivity contribution in [1.29, 1.82) is 0 Å². The average Bonchev–Trinajstić information content (AvgIpc) is 2.74. The van der Waals surface area contributed by atoms with Crippen molar-refractivity contribution in [3.05, 3.63) is 11.4 Å². The summed E-state index contributed by atoms with van der Waals surface area (Å²) in [5.74, 6) is 0.410. The summed E-state index contributed by atoms with van der Waals surface area (Å²) >= 11 is 0. The molecule has 0 amide bonds. The largest absolute Gasteiger partial charge is 0.344 e. The Hall–Kier alpha value is 0.280. The maximum atomic E-state index is 12.5. The minimum Gasteiger partial charge on any atom is -0.344 e. The minimum absolute atomic E-state index is 0.410. The molecule has 2 unspecified atom stereocenters. The number of hydrogen-bond donors (Lipinski definition) is 3. The molecular formula is C25H51O4P2+. The van der Waals surface area contributed by atoms with Crippen molar-refractivity contribution >= 4 is 15.1 Å². The lowest BCUT2D eigenvalue weighted by Gasteiger charge is -2.24. The van der Waals surface area contributed by atoms with Gasteiger partial charge >= 0.3 is 0 Å². The molecule has 2 atom stereocenters. The first-order valence-electron chi connectivity index (χ1n) is 13.1. The third kappa shape index (κ3) is 14.2. The Labute approximate surface area is 193 Å². The monoisotopic (exact) mass is 477 g/mol. The third-order valence-corrected chi connectivity index (χ3v) is 11.0. The molecule has 184 valence electrons. The van der Waals surface area contributed by atoms with Crippen LogP contribution in [-0.4, -0.2) is 33.2 Å². The second kappa shape index (κ2) is 16.8. The highest BCUT2D eigenvalue weighted by molar-refractivity contribution is 7.68. The van der Waals surface area contributed by atoms with Crippen LogP contribution in [0.1, 0.15) is 123 Å². The first-order chi connectivity index (χ1) is 14.8. The minimum atomic E-state index is -3.01. The first kappa shape index (κ1) is 29.3. The van der Waals surface area contributed by atoms with E-state index in [0.717, 1.165) is 56.7 Å². The summed E-state index contributed by atoms with van der Waals surface area (Å²) in [6, 6.07) is 0. The van der Waals surface area contributed by atoms with E-state index in [1.54, 1.807) is 0 Å². The zero-order chi connectivity index (χ0) is 23.0. The Kier molecular flexibility index (Phi) is 15.9. The predicted octanol–water partition coefficient (Wildman–Crippen LogP) is 8.27. The van der Waals surface area contributed by atoms with Gasteiger partial charge in [-0.1, -0.05) is 78.1 Å². The normalized spacial score (nSPS) is 19.3. The van der Waals surface area contributed by atoms with E-state index in [0.29, 0.717) is 24.4 Å². The Morgan fingerprint density at radius 1 is 0.871 bits per heavy atom. The van der Waals surface area contributed by atoms with E-state index >= 15 is 0 Å². The van der Waals surface area contributed by atoms with Crippen LogP contribution in [0.25, 0.3) is 0 Å². The van der Waals surface area contributed by atoms with Crippen LogP contribution in [-0.2, 0) is 4.57 Å². The van der Waals surface area contributed by atoms with Crippen molar-refractivity contribution in [1.82, 2.24) is 0 Å². The first-order valence-corrected chi connectivity index (χ1v) is 17.1. The topological polar surface area (TPSA) is 77.8 Å². The van der Waals surface area contributed by atoms with Crippen molar-refractivity contribution in [3.8, 4) is 0 Å². The van der Waals surface area contributed by atoms with Crippen molar-refractivity contribution in [2.24, 2.45) is 5.92 Å². The molecule has 0 bridgehead atoms. The summed E-state index contributed by atoms with van der Waals surface area (Å²) in [5.41, 5.74) is 0. The van der Waals surface area contributed by atoms with Crippen LogP contribution in [0.15, 0.2) is 11.4 Å². The van der Waals surface area contributed by atoms with Gasteiger partial charge in [-0.05, 0) is 50.5 Å². The summed E-state index contributed by atoms with van der Waals surface area (Å²) in [4.78, 5) is 31.5. The van der Waals surface area contributed by atoms with Crippen LogP contribution >= 0.6 is 15.1 Å². The molecule has 0 spiro atoms. The zero-order valence-electron chi connectivity index (χ0n) is 20.4. The van der Waals surface area contributed by atoms with E-state index in [2.05, 4.69) is 13.8 Å². The number of allylic oxidation sites excluding steroid dienone is 2. The molecule has 0 aromatic rings. The van der Waals surface area contributed by atoms with Crippen molar-refractivity contribution < 1.29 is 19.2 Å². The SMILES string of the molecule is CCCCCCCCCP(=O)(O)CCC1CC=C([P+](O)(O)CCCCCCCC)CC1. The maximum absolute atomic E-state index is 12.5. The summed E-state index contributed by atoms with van der Waals surface area (Å²) in [7, 11) is -5.93. The van der Waals surface area contributed by atoms with Gasteiger partial charge in [-0.15, -0.1) is 0 Å². The number of unbranched alkanes of at least 4 members (excludes halogenated alkanes) is 11. The van der Waals surface area contributed by atoms with Gasteiger partial charge in [0.2, 0.25) is 7.37 Å². The maximum Gasteiger partial charge on any atom is 0.295 e. The molecule has 3 N–H and O–H groups in total. The van der Waals surface area contributed by atoms with Gasteiger partial charge in [-0.3, -0.25) is 4.57 Å². The van der Waals surface area contributed by atoms with Crippen molar-refractivity contribution in [3.63, 3.8) is 0 Å². The highest BCUT2D eigenvalue weighted by atomic mass is 31.2. The molecule has 1 aliphatic carbocycles. The summed E-state index contributed by atoms with van der Waals surface area (Å²) in [6.45, 7) is 4.42. The summed E-state index contributed by atoms with van der Waals surface area (Å²) in [5, 5.41) is 0.868. The molecule has 31 heavy (non-hydrogen) atoms. The van der Waals surface area contributed by atoms with Crippen LogP contribution in [0.3, 0.4) is 0 Å². The quantitative estimate of drug-likeness (QED) is 0.129. The fourth-order valence-corrected chi connectivity index (χ4v) is 8.08. The van der Waals surface area contributed by atoms with Gasteiger partial charge in [0, 0.05) is 18.7 Å². The molecule has 4 nitrogen and oxygen atoms in total. The molecule has 0 aromatic heterocycles. The second-order valence-electron chi connectivity index (χ2n) is 9.76. The smallest absolute Gasteiger partial charge is 0.295 e. The molecule has 0 aromatic carbocycles. The molecule has 0 radical (unpaired) electrons. The lowest BCUT2D eigenvalue weighted by atomic mass is 9.92. The lowest BCUT2D eigenvalue weighted by molar-refractivity contribution is 0.419. The molecule has 0 fully saturated rings. The zero-order valence-corrected chi connectivity index (χ0v) is 22.2. The Balaban J connectivity index is 2.22. The van der Waals surface area contributed by atoms with Gasteiger partial charge < -0.3 is 4.89 Å². The summed E-state index contributed by atoms with van der Waals surface area (Å²) < 4.78 is 12.5. The molecule has 1 rings (SSSR count). The second-order valence-corrected chi connectivity index (χ2v) is 14.8. The van der Waals surface area contributed by atoms with E-state index in [1.807, 2.05) is 6.08 Å². The van der Waals surface area contributed by atoms with Gasteiger partial charge in [0.1, 0.15) is 11.5 Å². The van der Waals surface area contributed by atoms with E-state index in [-0.39, 0.29) is 0 Å². The Morgan fingerprint density at radius 3 is 1.97 bits per heavy atom. The van der Waals surface area contributed by atoms with Crippen molar-refractivity contribution in [2.45, 2.75) is 123 Å². The van der Waals surface area contributed by atoms with Crippen LogP contribution in [0.4, 0.5) is 0 Å². The van der Waals surface area contributed by atoms with E-state index in [1.165, 1.54) is 57.8 Å². The molecule has 0 saturated heterocycles. The van der Waals surface area contributed by atoms with Crippen LogP contribution in [0.5, 0.6) is 0 Å². The highest BCUT2D eigenvalue weighted by Crippen LogP contribution is 2.61. The fourth-order valence-electron chi connectivity index (χ4n) is 4.53. The van der Waals surface area contributed by atoms with E-state index in [9.17, 15) is 19.2 Å². The van der Waals surface area contributed by atoms with E-state index in [4.69, 9.17) is 0 Å². The van der Waals surface area contributed by atoms with Gasteiger partial charge in [-0.25, -0.2) is 9.79 Å². The number of hydrogen-bond acceptors (Lipinski definition) is 3. The Bertz CT molecular complexity index is 534. The molecule has 0 saturated carbocycles. The molecule has 1 aliphatic rings. The molecule has 6 heteroatoms. The third-order valence-electron chi connectivity index (χ3n) is 6.78. The highest BCUT2D eigenvalue weighted by Gasteiger charge is 2.39. The predicted molar refractivity (Wildman–Crippen MR) is 137 cm³/mol. The van der Waals surface area contributed by atoms with Gasteiger partial charge in [0.05, 0.1) is 0 Å². The molecular weight excluding hydrogens is 426 g/mol. The van der Waals surface area contributed by atoms with E-state index < -0.39 is 15.1 Å². The van der Waals surface area contributed by atoms with Crippen LogP contribution in [0, 0.1) is 5.92 Å². The lowest BCUT2D eigenvalue weighted by Crippen LogP contribution is -2.11. The average molecular weight is 478 g/mol. The van der Waals surface area contributed by atoms with Crippen LogP contribution in [0.2, 0.25) is 0 Å². The van der Waals surface area contributed by atoms with Gasteiger partial charge in [0.25, 0.3) is 7.72 Å². The van der Waals surface area contributed by atoms with Gasteiger partial charge in [-0.2, -0.15) is 0 Å². The molecule has 0 aliphatic heterocycles. The standard InChI is InChI=1S/C25H50O4P2/c1-3-5-7-9-11-12-14-21-30(26,27)23-20-24-16-18-25(19-17-24)31(28,29)22-15-13-10-8-6-4-2/h18,24,28-29H,3-17,19-23H2,1-2H3/p+1. The fraction of sp³-hybridized carbons (Fsp3) is 0.920. The number of rotatable bonds is 19. The van der Waals surface area contributed by atoms with Gasteiger partial charge in [0.15, 0.2) is 0 Å². The summed E-state index contributed by atoms with van der Waals surface area (Å²) in [6.07, 6.45) is 21.9. The Morgan fingerprint density at radius 2 is 1.42 bits per heavy atom.